The summed E-state index contributed by atoms with van der Waals surface area (Å²) in [5.74, 6) is -1.01. The molecule has 0 bridgehead atoms. The number of ether oxygens (including phenoxy) is 1. The summed E-state index contributed by atoms with van der Waals surface area (Å²) in [6, 6.07) is 2.69. The number of hydrogen-bond donors (Lipinski definition) is 1. The summed E-state index contributed by atoms with van der Waals surface area (Å²) in [5, 5.41) is 3.25. The van der Waals surface area contributed by atoms with Gasteiger partial charge in [-0.3, -0.25) is 0 Å². The Kier molecular flexibility index (Phi) is 8.26. The van der Waals surface area contributed by atoms with Crippen LogP contribution in [-0.2, 0) is 11.2 Å². The number of nitrogens with one attached hydrogen (secondary N) is 1. The Morgan fingerprint density at radius 3 is 2.65 bits per heavy atom. The summed E-state index contributed by atoms with van der Waals surface area (Å²) in [4.78, 5) is 0. The van der Waals surface area contributed by atoms with E-state index in [1.54, 1.807) is 0 Å². The van der Waals surface area contributed by atoms with Crippen molar-refractivity contribution in [3.63, 3.8) is 0 Å². The lowest BCUT2D eigenvalue weighted by atomic mass is 10.0. The van der Waals surface area contributed by atoms with Gasteiger partial charge in [-0.25, -0.2) is 8.78 Å². The Morgan fingerprint density at radius 1 is 1.25 bits per heavy atom. The van der Waals surface area contributed by atoms with Gasteiger partial charge in [0.05, 0.1) is 4.47 Å². The number of hydrogen-bond acceptors (Lipinski definition) is 2. The molecule has 0 aliphatic carbocycles. The smallest absolute Gasteiger partial charge is 0.143 e. The van der Waals surface area contributed by atoms with Crippen molar-refractivity contribution in [2.75, 3.05) is 19.8 Å². The predicted molar refractivity (Wildman–Crippen MR) is 81.0 cm³/mol. The molecule has 114 valence electrons. The van der Waals surface area contributed by atoms with Crippen molar-refractivity contribution < 1.29 is 13.5 Å². The van der Waals surface area contributed by atoms with E-state index < -0.39 is 11.6 Å². The molecule has 0 heterocycles. The van der Waals surface area contributed by atoms with Gasteiger partial charge in [0.2, 0.25) is 0 Å². The first-order chi connectivity index (χ1) is 9.60. The minimum Gasteiger partial charge on any atom is -0.381 e. The van der Waals surface area contributed by atoms with E-state index in [0.29, 0.717) is 17.5 Å². The Hall–Kier alpha value is -0.520. The van der Waals surface area contributed by atoms with Crippen molar-refractivity contribution in [3.8, 4) is 0 Å². The van der Waals surface area contributed by atoms with Crippen LogP contribution in [0.3, 0.4) is 0 Å². The SMILES string of the molecule is CCCOCCC(Cc1c(F)ccc(Br)c1F)NCC. The van der Waals surface area contributed by atoms with Crippen molar-refractivity contribution in [3.05, 3.63) is 33.8 Å². The van der Waals surface area contributed by atoms with E-state index >= 15 is 0 Å². The molecule has 0 aromatic heterocycles. The minimum absolute atomic E-state index is 0.00940. The molecule has 20 heavy (non-hydrogen) atoms. The van der Waals surface area contributed by atoms with Crippen LogP contribution < -0.4 is 5.32 Å². The summed E-state index contributed by atoms with van der Waals surface area (Å²) >= 11 is 3.10. The van der Waals surface area contributed by atoms with Gasteiger partial charge >= 0.3 is 0 Å². The highest BCUT2D eigenvalue weighted by Gasteiger charge is 2.17. The molecule has 0 spiro atoms. The number of rotatable bonds is 9. The lowest BCUT2D eigenvalue weighted by molar-refractivity contribution is 0.124. The highest BCUT2D eigenvalue weighted by molar-refractivity contribution is 9.10. The van der Waals surface area contributed by atoms with E-state index in [2.05, 4.69) is 21.2 Å². The minimum atomic E-state index is -0.512. The van der Waals surface area contributed by atoms with Crippen molar-refractivity contribution in [2.24, 2.45) is 0 Å². The van der Waals surface area contributed by atoms with Crippen molar-refractivity contribution in [1.29, 1.82) is 0 Å². The van der Waals surface area contributed by atoms with Gasteiger partial charge in [-0.2, -0.15) is 0 Å². The van der Waals surface area contributed by atoms with Crippen molar-refractivity contribution in [1.82, 2.24) is 5.32 Å². The maximum Gasteiger partial charge on any atom is 0.143 e. The average Bonchev–Trinajstić information content (AvgIpc) is 2.43. The van der Waals surface area contributed by atoms with Crippen LogP contribution in [0, 0.1) is 11.6 Å². The lowest BCUT2D eigenvalue weighted by Crippen LogP contribution is -2.33. The van der Waals surface area contributed by atoms with Gasteiger partial charge in [-0.15, -0.1) is 0 Å². The molecule has 0 aliphatic heterocycles. The average molecular weight is 350 g/mol. The molecule has 5 heteroatoms. The summed E-state index contributed by atoms with van der Waals surface area (Å²) in [6.45, 7) is 6.11. The fourth-order valence-electron chi connectivity index (χ4n) is 2.04. The predicted octanol–water partition coefficient (Wildman–Crippen LogP) is 4.06. The van der Waals surface area contributed by atoms with Gasteiger partial charge in [0.25, 0.3) is 0 Å². The van der Waals surface area contributed by atoms with E-state index in [4.69, 9.17) is 4.74 Å². The largest absolute Gasteiger partial charge is 0.381 e. The van der Waals surface area contributed by atoms with Crippen LogP contribution in [0.4, 0.5) is 8.78 Å². The van der Waals surface area contributed by atoms with E-state index in [-0.39, 0.29) is 11.6 Å². The zero-order valence-electron chi connectivity index (χ0n) is 12.0. The molecule has 0 fully saturated rings. The molecule has 1 atom stereocenters. The van der Waals surface area contributed by atoms with Gasteiger partial charge in [0.1, 0.15) is 11.6 Å². The summed E-state index contributed by atoms with van der Waals surface area (Å²) in [7, 11) is 0. The van der Waals surface area contributed by atoms with Crippen LogP contribution >= 0.6 is 15.9 Å². The first-order valence-electron chi connectivity index (χ1n) is 7.03. The van der Waals surface area contributed by atoms with E-state index in [1.807, 2.05) is 13.8 Å². The third kappa shape index (κ3) is 5.46. The molecule has 0 amide bonds. The van der Waals surface area contributed by atoms with Gasteiger partial charge < -0.3 is 10.1 Å². The normalized spacial score (nSPS) is 12.7. The number of likely N-dealkylation sites (N-methyl/N-ethyl adjacent to an activating group) is 1. The van der Waals surface area contributed by atoms with Crippen LogP contribution in [-0.4, -0.2) is 25.8 Å². The molecule has 0 radical (unpaired) electrons. The van der Waals surface area contributed by atoms with Crippen LogP contribution in [0.2, 0.25) is 0 Å². The maximum atomic E-state index is 14.0. The molecule has 0 aliphatic rings. The van der Waals surface area contributed by atoms with Crippen LogP contribution in [0.5, 0.6) is 0 Å². The highest BCUT2D eigenvalue weighted by Crippen LogP contribution is 2.23. The molecule has 0 saturated carbocycles. The second-order valence-electron chi connectivity index (χ2n) is 4.68. The molecule has 1 unspecified atom stereocenters. The molecule has 1 aromatic rings. The van der Waals surface area contributed by atoms with Gasteiger partial charge in [0.15, 0.2) is 0 Å². The third-order valence-corrected chi connectivity index (χ3v) is 3.65. The molecular formula is C15H22BrF2NO. The van der Waals surface area contributed by atoms with Crippen molar-refractivity contribution in [2.45, 2.75) is 39.2 Å². The highest BCUT2D eigenvalue weighted by atomic mass is 79.9. The van der Waals surface area contributed by atoms with Crippen molar-refractivity contribution >= 4 is 15.9 Å². The first kappa shape index (κ1) is 17.5. The monoisotopic (exact) mass is 349 g/mol. The number of benzene rings is 1. The molecule has 1 N–H and O–H groups in total. The van der Waals surface area contributed by atoms with Crippen LogP contribution in [0.1, 0.15) is 32.3 Å². The zero-order valence-corrected chi connectivity index (χ0v) is 13.6. The summed E-state index contributed by atoms with van der Waals surface area (Å²) in [5.41, 5.74) is 0.126. The number of halogens is 3. The Bertz CT molecular complexity index is 415. The molecule has 1 aromatic carbocycles. The first-order valence-corrected chi connectivity index (χ1v) is 7.82. The summed E-state index contributed by atoms with van der Waals surface area (Å²) < 4.78 is 33.5. The Labute approximate surface area is 128 Å². The fraction of sp³-hybridized carbons (Fsp3) is 0.600. The quantitative estimate of drug-likeness (QED) is 0.536. The molecule has 1 rings (SSSR count). The molecule has 0 saturated heterocycles. The van der Waals surface area contributed by atoms with Gasteiger partial charge in [-0.05, 0) is 53.9 Å². The van der Waals surface area contributed by atoms with E-state index in [0.717, 1.165) is 26.0 Å². The van der Waals surface area contributed by atoms with Crippen LogP contribution in [0.15, 0.2) is 16.6 Å². The Balaban J connectivity index is 2.67. The van der Waals surface area contributed by atoms with E-state index in [1.165, 1.54) is 12.1 Å². The standard InChI is InChI=1S/C15H22BrF2NO/c1-3-8-20-9-7-11(19-4-2)10-12-14(17)6-5-13(16)15(12)18/h5-6,11,19H,3-4,7-10H2,1-2H3. The fourth-order valence-corrected chi connectivity index (χ4v) is 2.41. The van der Waals surface area contributed by atoms with Crippen LogP contribution in [0.25, 0.3) is 0 Å². The third-order valence-electron chi connectivity index (χ3n) is 3.04. The maximum absolute atomic E-state index is 14.0. The summed E-state index contributed by atoms with van der Waals surface area (Å²) in [6.07, 6.45) is 2.03. The topological polar surface area (TPSA) is 21.3 Å². The lowest BCUT2D eigenvalue weighted by Gasteiger charge is -2.19. The van der Waals surface area contributed by atoms with Gasteiger partial charge in [0, 0.05) is 24.8 Å². The van der Waals surface area contributed by atoms with E-state index in [9.17, 15) is 8.78 Å². The Morgan fingerprint density at radius 2 is 2.00 bits per heavy atom. The molecular weight excluding hydrogens is 328 g/mol. The van der Waals surface area contributed by atoms with Gasteiger partial charge in [-0.1, -0.05) is 13.8 Å². The second-order valence-corrected chi connectivity index (χ2v) is 5.54. The molecule has 2 nitrogen and oxygen atoms in total. The second kappa shape index (κ2) is 9.42. The zero-order chi connectivity index (χ0) is 15.0.